The smallest absolute Gasteiger partial charge is 0.241 e. The van der Waals surface area contributed by atoms with Crippen LogP contribution in [0.1, 0.15) is 18.1 Å². The number of carbonyl (C=O) groups excluding carboxylic acids is 2. The Morgan fingerprint density at radius 1 is 0.933 bits per heavy atom. The van der Waals surface area contributed by atoms with Gasteiger partial charge in [0.15, 0.2) is 0 Å². The van der Waals surface area contributed by atoms with Crippen LogP contribution in [0.15, 0.2) is 54.6 Å². The van der Waals surface area contributed by atoms with E-state index < -0.39 is 0 Å². The molecule has 5 nitrogen and oxygen atoms in total. The fourth-order valence-corrected chi connectivity index (χ4v) is 5.05. The first kappa shape index (κ1) is 20.9. The molecule has 2 aromatic carbocycles. The Morgan fingerprint density at radius 2 is 1.63 bits per heavy atom. The molecule has 0 aliphatic carbocycles. The Morgan fingerprint density at radius 3 is 2.40 bits per heavy atom. The monoisotopic (exact) mass is 423 g/mol. The quantitative estimate of drug-likeness (QED) is 0.716. The fourth-order valence-electron chi connectivity index (χ4n) is 4.12. The summed E-state index contributed by atoms with van der Waals surface area (Å²) in [6.07, 6.45) is 0.933. The lowest BCUT2D eigenvalue weighted by Gasteiger charge is -2.36. The highest BCUT2D eigenvalue weighted by Crippen LogP contribution is 2.27. The molecule has 2 aliphatic heterocycles. The zero-order chi connectivity index (χ0) is 20.9. The molecule has 0 N–H and O–H groups in total. The van der Waals surface area contributed by atoms with Crippen molar-refractivity contribution in [3.8, 4) is 0 Å². The molecule has 2 aromatic rings. The number of thioether (sulfide) groups is 1. The number of hydrogen-bond donors (Lipinski definition) is 0. The number of benzene rings is 2. The van der Waals surface area contributed by atoms with Gasteiger partial charge in [-0.15, -0.1) is 11.8 Å². The zero-order valence-corrected chi connectivity index (χ0v) is 18.3. The van der Waals surface area contributed by atoms with Crippen LogP contribution in [0.25, 0.3) is 0 Å². The zero-order valence-electron chi connectivity index (χ0n) is 17.5. The van der Waals surface area contributed by atoms with Gasteiger partial charge in [0.2, 0.25) is 11.8 Å². The van der Waals surface area contributed by atoms with Crippen LogP contribution in [0.4, 0.5) is 5.69 Å². The molecule has 0 bridgehead atoms. The van der Waals surface area contributed by atoms with Crippen molar-refractivity contribution >= 4 is 29.3 Å². The van der Waals surface area contributed by atoms with Crippen molar-refractivity contribution in [1.82, 2.24) is 9.80 Å². The average Bonchev–Trinajstić information content (AvgIpc) is 3.22. The van der Waals surface area contributed by atoms with Crippen LogP contribution in [0.3, 0.4) is 0 Å². The van der Waals surface area contributed by atoms with Gasteiger partial charge in [-0.3, -0.25) is 14.5 Å². The van der Waals surface area contributed by atoms with Gasteiger partial charge < -0.3 is 9.80 Å². The molecule has 158 valence electrons. The van der Waals surface area contributed by atoms with Crippen LogP contribution in [0.2, 0.25) is 0 Å². The van der Waals surface area contributed by atoms with Gasteiger partial charge in [0.1, 0.15) is 0 Å². The van der Waals surface area contributed by atoms with Crippen molar-refractivity contribution in [2.45, 2.75) is 24.3 Å². The number of nitrogens with zero attached hydrogens (tertiary/aromatic N) is 3. The largest absolute Gasteiger partial charge is 0.339 e. The average molecular weight is 424 g/mol. The second-order valence-corrected chi connectivity index (χ2v) is 9.29. The molecule has 0 saturated carbocycles. The highest BCUT2D eigenvalue weighted by Gasteiger charge is 2.29. The Hall–Kier alpha value is -2.31. The molecule has 4 rings (SSSR count). The molecule has 6 heteroatoms. The minimum absolute atomic E-state index is 0.0560. The van der Waals surface area contributed by atoms with Crippen LogP contribution in [-0.2, 0) is 21.8 Å². The van der Waals surface area contributed by atoms with Crippen molar-refractivity contribution in [3.05, 3.63) is 65.7 Å². The lowest BCUT2D eigenvalue weighted by atomic mass is 10.2. The van der Waals surface area contributed by atoms with Gasteiger partial charge in [-0.1, -0.05) is 48.5 Å². The number of para-hydroxylation sites is 1. The summed E-state index contributed by atoms with van der Waals surface area (Å²) in [6, 6.07) is 18.4. The standard InChI is InChI=1S/C24H29N3O2S/c1-19(30-18-20-7-3-2-4-8-20)24(29)26-15-13-25(14-16-26)17-23(28)27-12-11-21-9-5-6-10-22(21)27/h2-10,19H,11-18H2,1H3. The van der Waals surface area contributed by atoms with E-state index in [9.17, 15) is 9.59 Å². The summed E-state index contributed by atoms with van der Waals surface area (Å²) < 4.78 is 0. The number of rotatable bonds is 6. The van der Waals surface area contributed by atoms with Gasteiger partial charge in [-0.05, 0) is 30.5 Å². The number of piperazine rings is 1. The summed E-state index contributed by atoms with van der Waals surface area (Å²) in [4.78, 5) is 31.7. The van der Waals surface area contributed by atoms with E-state index in [2.05, 4.69) is 23.1 Å². The van der Waals surface area contributed by atoms with E-state index in [1.807, 2.05) is 53.1 Å². The maximum Gasteiger partial charge on any atom is 0.241 e. The summed E-state index contributed by atoms with van der Waals surface area (Å²) in [5.41, 5.74) is 3.55. The predicted molar refractivity (Wildman–Crippen MR) is 123 cm³/mol. The number of fused-ring (bicyclic) bond motifs is 1. The lowest BCUT2D eigenvalue weighted by Crippen LogP contribution is -2.52. The molecular weight excluding hydrogens is 394 g/mol. The van der Waals surface area contributed by atoms with E-state index in [1.165, 1.54) is 11.1 Å². The first-order valence-corrected chi connectivity index (χ1v) is 11.7. The van der Waals surface area contributed by atoms with E-state index in [-0.39, 0.29) is 17.1 Å². The number of hydrogen-bond acceptors (Lipinski definition) is 4. The summed E-state index contributed by atoms with van der Waals surface area (Å²) >= 11 is 1.69. The van der Waals surface area contributed by atoms with E-state index in [0.717, 1.165) is 37.5 Å². The van der Waals surface area contributed by atoms with Crippen molar-refractivity contribution in [3.63, 3.8) is 0 Å². The normalized spacial score (nSPS) is 17.6. The van der Waals surface area contributed by atoms with Gasteiger partial charge in [0, 0.05) is 44.2 Å². The fraction of sp³-hybridized carbons (Fsp3) is 0.417. The Kier molecular flexibility index (Phi) is 6.75. The maximum absolute atomic E-state index is 12.8. The predicted octanol–water partition coefficient (Wildman–Crippen LogP) is 3.04. The third-order valence-corrected chi connectivity index (χ3v) is 7.12. The molecule has 1 atom stereocenters. The Balaban J connectivity index is 1.23. The van der Waals surface area contributed by atoms with Crippen LogP contribution in [0, 0.1) is 0 Å². The Bertz CT molecular complexity index is 881. The van der Waals surface area contributed by atoms with Crippen molar-refractivity contribution < 1.29 is 9.59 Å². The summed E-state index contributed by atoms with van der Waals surface area (Å²) in [5, 5.41) is -0.0560. The third-order valence-electron chi connectivity index (χ3n) is 5.92. The van der Waals surface area contributed by atoms with Crippen LogP contribution in [0.5, 0.6) is 0 Å². The molecule has 0 aromatic heterocycles. The molecule has 30 heavy (non-hydrogen) atoms. The van der Waals surface area contributed by atoms with Crippen LogP contribution < -0.4 is 4.90 Å². The van der Waals surface area contributed by atoms with Gasteiger partial charge in [-0.2, -0.15) is 0 Å². The number of carbonyl (C=O) groups is 2. The topological polar surface area (TPSA) is 43.9 Å². The third kappa shape index (κ3) is 4.87. The number of amides is 2. The summed E-state index contributed by atoms with van der Waals surface area (Å²) in [7, 11) is 0. The molecule has 2 amide bonds. The molecule has 1 unspecified atom stereocenters. The molecule has 0 radical (unpaired) electrons. The number of anilines is 1. The van der Waals surface area contributed by atoms with Gasteiger partial charge in [-0.25, -0.2) is 0 Å². The maximum atomic E-state index is 12.8. The highest BCUT2D eigenvalue weighted by atomic mass is 32.2. The van der Waals surface area contributed by atoms with Crippen LogP contribution in [-0.4, -0.2) is 66.1 Å². The first-order chi connectivity index (χ1) is 14.6. The van der Waals surface area contributed by atoms with E-state index in [4.69, 9.17) is 0 Å². The molecule has 1 saturated heterocycles. The van der Waals surface area contributed by atoms with Crippen molar-refractivity contribution in [1.29, 1.82) is 0 Å². The minimum Gasteiger partial charge on any atom is -0.339 e. The van der Waals surface area contributed by atoms with E-state index in [1.54, 1.807) is 11.8 Å². The summed E-state index contributed by atoms with van der Waals surface area (Å²) in [5.74, 6) is 1.21. The van der Waals surface area contributed by atoms with Crippen LogP contribution >= 0.6 is 11.8 Å². The lowest BCUT2D eigenvalue weighted by molar-refractivity contribution is -0.132. The van der Waals surface area contributed by atoms with Gasteiger partial charge >= 0.3 is 0 Å². The SMILES string of the molecule is CC(SCc1ccccc1)C(=O)N1CCN(CC(=O)N2CCc3ccccc32)CC1. The second-order valence-electron chi connectivity index (χ2n) is 7.96. The second kappa shape index (κ2) is 9.67. The molecule has 1 fully saturated rings. The molecule has 0 spiro atoms. The minimum atomic E-state index is -0.0560. The molecule has 2 heterocycles. The van der Waals surface area contributed by atoms with E-state index in [0.29, 0.717) is 19.6 Å². The Labute approximate surface area is 183 Å². The highest BCUT2D eigenvalue weighted by molar-refractivity contribution is 7.99. The first-order valence-electron chi connectivity index (χ1n) is 10.7. The van der Waals surface area contributed by atoms with Crippen molar-refractivity contribution in [2.75, 3.05) is 44.2 Å². The molecular formula is C24H29N3O2S. The van der Waals surface area contributed by atoms with Crippen molar-refractivity contribution in [2.24, 2.45) is 0 Å². The van der Waals surface area contributed by atoms with E-state index >= 15 is 0 Å². The van der Waals surface area contributed by atoms with Gasteiger partial charge in [0.05, 0.1) is 11.8 Å². The van der Waals surface area contributed by atoms with Gasteiger partial charge in [0.25, 0.3) is 0 Å². The molecule has 2 aliphatic rings. The summed E-state index contributed by atoms with van der Waals surface area (Å²) in [6.45, 7) is 6.09.